The number of rotatable bonds is 8. The van der Waals surface area contributed by atoms with Crippen molar-refractivity contribution in [3.8, 4) is 0 Å². The molecule has 0 spiro atoms. The Morgan fingerprint density at radius 3 is 2.38 bits per heavy atom. The second kappa shape index (κ2) is 8.80. The lowest BCUT2D eigenvalue weighted by Gasteiger charge is -2.24. The standard InChI is InChI=1S/C17H28N2O2/c1-5-6-13-7-9-14(10-8-13)16(12(2)3)19-17(20)15(18)11-21-4/h7-10,12,15-16H,5-6,11,18H2,1-4H3,(H,19,20). The molecule has 1 aromatic carbocycles. The quantitative estimate of drug-likeness (QED) is 0.773. The van der Waals surface area contributed by atoms with Crippen LogP contribution in [0.4, 0.5) is 0 Å². The van der Waals surface area contributed by atoms with Crippen LogP contribution in [0.25, 0.3) is 0 Å². The van der Waals surface area contributed by atoms with E-state index in [1.165, 1.54) is 5.56 Å². The lowest BCUT2D eigenvalue weighted by molar-refractivity contribution is -0.124. The summed E-state index contributed by atoms with van der Waals surface area (Å²) in [6, 6.07) is 7.80. The van der Waals surface area contributed by atoms with Gasteiger partial charge in [0, 0.05) is 7.11 Å². The van der Waals surface area contributed by atoms with Crippen LogP contribution in [0.1, 0.15) is 44.4 Å². The molecule has 4 nitrogen and oxygen atoms in total. The first kappa shape index (κ1) is 17.7. The number of methoxy groups -OCH3 is 1. The van der Waals surface area contributed by atoms with Crippen LogP contribution in [-0.2, 0) is 16.0 Å². The highest BCUT2D eigenvalue weighted by molar-refractivity contribution is 5.82. The molecule has 0 bridgehead atoms. The van der Waals surface area contributed by atoms with Crippen molar-refractivity contribution in [1.82, 2.24) is 5.32 Å². The van der Waals surface area contributed by atoms with E-state index >= 15 is 0 Å². The van der Waals surface area contributed by atoms with Crippen molar-refractivity contribution in [2.75, 3.05) is 13.7 Å². The van der Waals surface area contributed by atoms with Crippen molar-refractivity contribution < 1.29 is 9.53 Å². The van der Waals surface area contributed by atoms with Gasteiger partial charge in [0.05, 0.1) is 12.6 Å². The summed E-state index contributed by atoms with van der Waals surface area (Å²) in [5.74, 6) is 0.119. The number of benzene rings is 1. The summed E-state index contributed by atoms with van der Waals surface area (Å²) < 4.78 is 4.93. The molecule has 0 aromatic heterocycles. The Labute approximate surface area is 128 Å². The fourth-order valence-corrected chi connectivity index (χ4v) is 2.33. The Morgan fingerprint density at radius 2 is 1.90 bits per heavy atom. The third kappa shape index (κ3) is 5.48. The molecule has 0 saturated heterocycles. The van der Waals surface area contributed by atoms with Gasteiger partial charge in [-0.15, -0.1) is 0 Å². The molecule has 2 unspecified atom stereocenters. The van der Waals surface area contributed by atoms with E-state index in [0.717, 1.165) is 18.4 Å². The smallest absolute Gasteiger partial charge is 0.239 e. The third-order valence-electron chi connectivity index (χ3n) is 3.52. The van der Waals surface area contributed by atoms with Gasteiger partial charge in [-0.25, -0.2) is 0 Å². The van der Waals surface area contributed by atoms with Crippen molar-refractivity contribution in [1.29, 1.82) is 0 Å². The maximum atomic E-state index is 12.1. The van der Waals surface area contributed by atoms with Crippen LogP contribution in [0.5, 0.6) is 0 Å². The summed E-state index contributed by atoms with van der Waals surface area (Å²) in [5, 5.41) is 3.02. The topological polar surface area (TPSA) is 64.4 Å². The highest BCUT2D eigenvalue weighted by Gasteiger charge is 2.21. The number of carbonyl (C=O) groups excluding carboxylic acids is 1. The minimum absolute atomic E-state index is 0.0314. The number of nitrogens with one attached hydrogen (secondary N) is 1. The van der Waals surface area contributed by atoms with E-state index in [1.54, 1.807) is 7.11 Å². The van der Waals surface area contributed by atoms with Crippen LogP contribution in [0, 0.1) is 5.92 Å². The number of amides is 1. The first-order valence-electron chi connectivity index (χ1n) is 7.63. The zero-order chi connectivity index (χ0) is 15.8. The van der Waals surface area contributed by atoms with Crippen molar-refractivity contribution in [2.24, 2.45) is 11.7 Å². The van der Waals surface area contributed by atoms with Crippen LogP contribution in [0.3, 0.4) is 0 Å². The minimum Gasteiger partial charge on any atom is -0.383 e. The number of hydrogen-bond acceptors (Lipinski definition) is 3. The average molecular weight is 292 g/mol. The van der Waals surface area contributed by atoms with Crippen molar-refractivity contribution in [2.45, 2.75) is 45.7 Å². The molecule has 0 heterocycles. The Bertz CT molecular complexity index is 429. The average Bonchev–Trinajstić information content (AvgIpc) is 2.46. The molecule has 0 fully saturated rings. The largest absolute Gasteiger partial charge is 0.383 e. The number of ether oxygens (including phenoxy) is 1. The number of carbonyl (C=O) groups is 1. The first-order valence-corrected chi connectivity index (χ1v) is 7.63. The van der Waals surface area contributed by atoms with E-state index in [1.807, 2.05) is 0 Å². The van der Waals surface area contributed by atoms with Crippen molar-refractivity contribution in [3.05, 3.63) is 35.4 Å². The monoisotopic (exact) mass is 292 g/mol. The van der Waals surface area contributed by atoms with Crippen molar-refractivity contribution in [3.63, 3.8) is 0 Å². The molecule has 0 aliphatic heterocycles. The molecule has 0 aliphatic rings. The fourth-order valence-electron chi connectivity index (χ4n) is 2.33. The van der Waals surface area contributed by atoms with Gasteiger partial charge in [0.15, 0.2) is 0 Å². The maximum Gasteiger partial charge on any atom is 0.239 e. The van der Waals surface area contributed by atoms with Gasteiger partial charge in [-0.1, -0.05) is 51.5 Å². The summed E-state index contributed by atoms with van der Waals surface area (Å²) in [7, 11) is 1.54. The van der Waals surface area contributed by atoms with Crippen LogP contribution in [-0.4, -0.2) is 25.7 Å². The first-order chi connectivity index (χ1) is 9.99. The van der Waals surface area contributed by atoms with E-state index in [2.05, 4.69) is 50.4 Å². The van der Waals surface area contributed by atoms with Gasteiger partial charge < -0.3 is 15.8 Å². The molecule has 2 atom stereocenters. The normalized spacial score (nSPS) is 14.0. The predicted molar refractivity (Wildman–Crippen MR) is 86.0 cm³/mol. The maximum absolute atomic E-state index is 12.1. The van der Waals surface area contributed by atoms with Gasteiger partial charge in [-0.2, -0.15) is 0 Å². The Hall–Kier alpha value is -1.39. The Morgan fingerprint density at radius 1 is 1.29 bits per heavy atom. The van der Waals surface area contributed by atoms with E-state index in [0.29, 0.717) is 5.92 Å². The molecule has 1 amide bonds. The van der Waals surface area contributed by atoms with Crippen LogP contribution in [0.2, 0.25) is 0 Å². The highest BCUT2D eigenvalue weighted by atomic mass is 16.5. The molecular formula is C17H28N2O2. The zero-order valence-corrected chi connectivity index (χ0v) is 13.6. The van der Waals surface area contributed by atoms with Crippen LogP contribution < -0.4 is 11.1 Å². The molecule has 0 aliphatic carbocycles. The molecule has 0 radical (unpaired) electrons. The molecule has 3 N–H and O–H groups in total. The van der Waals surface area contributed by atoms with Gasteiger partial charge in [-0.3, -0.25) is 4.79 Å². The fraction of sp³-hybridized carbons (Fsp3) is 0.588. The van der Waals surface area contributed by atoms with Gasteiger partial charge in [-0.05, 0) is 23.5 Å². The van der Waals surface area contributed by atoms with Gasteiger partial charge >= 0.3 is 0 Å². The van der Waals surface area contributed by atoms with E-state index in [4.69, 9.17) is 10.5 Å². The lowest BCUT2D eigenvalue weighted by atomic mass is 9.94. The third-order valence-corrected chi connectivity index (χ3v) is 3.52. The zero-order valence-electron chi connectivity index (χ0n) is 13.6. The van der Waals surface area contributed by atoms with Crippen LogP contribution in [0.15, 0.2) is 24.3 Å². The van der Waals surface area contributed by atoms with E-state index < -0.39 is 6.04 Å². The predicted octanol–water partition coefficient (Wildman–Crippen LogP) is 2.43. The molecule has 1 rings (SSSR count). The lowest BCUT2D eigenvalue weighted by Crippen LogP contribution is -2.45. The molecule has 0 saturated carbocycles. The number of nitrogens with two attached hydrogens (primary N) is 1. The SMILES string of the molecule is CCCc1ccc(C(NC(=O)C(N)COC)C(C)C)cc1. The molecular weight excluding hydrogens is 264 g/mol. The van der Waals surface area contributed by atoms with E-state index in [9.17, 15) is 4.79 Å². The summed E-state index contributed by atoms with van der Waals surface area (Å²) in [5.41, 5.74) is 8.22. The van der Waals surface area contributed by atoms with Crippen molar-refractivity contribution >= 4 is 5.91 Å². The Balaban J connectivity index is 2.79. The molecule has 4 heteroatoms. The summed E-state index contributed by atoms with van der Waals surface area (Å²) in [6.45, 7) is 6.58. The van der Waals surface area contributed by atoms with Gasteiger partial charge in [0.25, 0.3) is 0 Å². The Kier molecular flexibility index (Phi) is 7.40. The molecule has 21 heavy (non-hydrogen) atoms. The van der Waals surface area contributed by atoms with E-state index in [-0.39, 0.29) is 18.6 Å². The summed E-state index contributed by atoms with van der Waals surface area (Å²) in [6.07, 6.45) is 2.22. The summed E-state index contributed by atoms with van der Waals surface area (Å²) >= 11 is 0. The number of aryl methyl sites for hydroxylation is 1. The van der Waals surface area contributed by atoms with Gasteiger partial charge in [0.1, 0.15) is 6.04 Å². The molecule has 118 valence electrons. The second-order valence-electron chi connectivity index (χ2n) is 5.78. The molecule has 1 aromatic rings. The summed E-state index contributed by atoms with van der Waals surface area (Å²) in [4.78, 5) is 12.1. The number of hydrogen-bond donors (Lipinski definition) is 2. The highest BCUT2D eigenvalue weighted by Crippen LogP contribution is 2.22. The second-order valence-corrected chi connectivity index (χ2v) is 5.78. The van der Waals surface area contributed by atoms with Crippen LogP contribution >= 0.6 is 0 Å². The van der Waals surface area contributed by atoms with Gasteiger partial charge in [0.2, 0.25) is 5.91 Å². The minimum atomic E-state index is -0.629.